The van der Waals surface area contributed by atoms with E-state index in [2.05, 4.69) is 15.8 Å². The molecular weight excluding hydrogens is 576 g/mol. The molecule has 4 aliphatic rings. The molecule has 3 aliphatic heterocycles. The lowest BCUT2D eigenvalue weighted by molar-refractivity contribution is -0.145. The first kappa shape index (κ1) is 30.8. The first-order chi connectivity index (χ1) is 20.3. The molecule has 3 heterocycles. The van der Waals surface area contributed by atoms with Gasteiger partial charge in [-0.25, -0.2) is 9.59 Å². The van der Waals surface area contributed by atoms with Crippen LogP contribution in [0.3, 0.4) is 0 Å². The molecular formula is C31H39ClN4O7. The second-order valence-electron chi connectivity index (χ2n) is 13.0. The Morgan fingerprint density at radius 2 is 2.00 bits per heavy atom. The molecule has 0 unspecified atom stereocenters. The summed E-state index contributed by atoms with van der Waals surface area (Å²) in [6, 6.07) is 5.21. The minimum atomic E-state index is -1.43. The van der Waals surface area contributed by atoms with E-state index in [0.29, 0.717) is 30.0 Å². The number of alkyl carbamates (subject to hydrolysis) is 1. The predicted octanol–water partition coefficient (Wildman–Crippen LogP) is 4.18. The first-order valence-corrected chi connectivity index (χ1v) is 15.2. The molecule has 0 radical (unpaired) electrons. The Kier molecular flexibility index (Phi) is 8.48. The zero-order valence-corrected chi connectivity index (χ0v) is 25.5. The van der Waals surface area contributed by atoms with Crippen LogP contribution in [0.4, 0.5) is 4.79 Å². The summed E-state index contributed by atoms with van der Waals surface area (Å²) >= 11 is 6.19. The normalized spacial score (nSPS) is 31.9. The molecule has 1 spiro atoms. The molecule has 0 bridgehead atoms. The van der Waals surface area contributed by atoms with Gasteiger partial charge in [0.1, 0.15) is 23.2 Å². The smallest absolute Gasteiger partial charge is 0.408 e. The molecule has 1 saturated heterocycles. The van der Waals surface area contributed by atoms with Gasteiger partial charge in [0.15, 0.2) is 5.60 Å². The van der Waals surface area contributed by atoms with Gasteiger partial charge in [0.25, 0.3) is 0 Å². The fraction of sp³-hybridized carbons (Fsp3) is 0.581. The minimum absolute atomic E-state index is 0.0351. The summed E-state index contributed by atoms with van der Waals surface area (Å²) in [7, 11) is 0. The number of allylic oxidation sites excluding steroid dienone is 1. The van der Waals surface area contributed by atoms with E-state index in [1.54, 1.807) is 39.0 Å². The van der Waals surface area contributed by atoms with E-state index in [9.17, 15) is 24.3 Å². The lowest BCUT2D eigenvalue weighted by atomic mass is 9.91. The number of hydrogen-bond acceptors (Lipinski definition) is 7. The highest BCUT2D eigenvalue weighted by Gasteiger charge is 2.62. The van der Waals surface area contributed by atoms with Crippen LogP contribution in [0.1, 0.15) is 77.7 Å². The molecule has 2 fully saturated rings. The summed E-state index contributed by atoms with van der Waals surface area (Å²) in [5.74, 6) is -2.47. The quantitative estimate of drug-likeness (QED) is 0.433. The third-order valence-electron chi connectivity index (χ3n) is 8.45. The van der Waals surface area contributed by atoms with E-state index in [1.165, 1.54) is 4.90 Å². The predicted molar refractivity (Wildman–Crippen MR) is 159 cm³/mol. The van der Waals surface area contributed by atoms with Crippen LogP contribution in [-0.2, 0) is 24.0 Å². The van der Waals surface area contributed by atoms with Crippen molar-refractivity contribution in [2.75, 3.05) is 6.54 Å². The maximum absolute atomic E-state index is 14.2. The van der Waals surface area contributed by atoms with Crippen molar-refractivity contribution in [3.8, 4) is 0 Å². The number of benzene rings is 1. The van der Waals surface area contributed by atoms with E-state index in [0.717, 1.165) is 24.8 Å². The van der Waals surface area contributed by atoms with Crippen molar-refractivity contribution in [3.63, 3.8) is 0 Å². The van der Waals surface area contributed by atoms with Gasteiger partial charge in [-0.05, 0) is 58.6 Å². The molecule has 1 saturated carbocycles. The maximum Gasteiger partial charge on any atom is 0.408 e. The first-order valence-electron chi connectivity index (χ1n) is 14.8. The molecule has 11 nitrogen and oxygen atoms in total. The Bertz CT molecular complexity index is 1360. The van der Waals surface area contributed by atoms with Gasteiger partial charge >= 0.3 is 12.1 Å². The number of carboxylic acids is 1. The van der Waals surface area contributed by atoms with Crippen molar-refractivity contribution < 1.29 is 33.9 Å². The molecule has 1 aromatic carbocycles. The third kappa shape index (κ3) is 6.82. The monoisotopic (exact) mass is 614 g/mol. The number of nitrogens with zero attached hydrogens (tertiary/aromatic N) is 2. The molecule has 43 heavy (non-hydrogen) atoms. The van der Waals surface area contributed by atoms with Gasteiger partial charge in [0, 0.05) is 29.3 Å². The van der Waals surface area contributed by atoms with Crippen molar-refractivity contribution in [1.82, 2.24) is 15.5 Å². The van der Waals surface area contributed by atoms with E-state index in [-0.39, 0.29) is 25.3 Å². The van der Waals surface area contributed by atoms with E-state index in [4.69, 9.17) is 21.2 Å². The van der Waals surface area contributed by atoms with Crippen molar-refractivity contribution in [2.24, 2.45) is 11.1 Å². The minimum Gasteiger partial charge on any atom is -0.479 e. The van der Waals surface area contributed by atoms with Crippen LogP contribution >= 0.6 is 11.6 Å². The molecule has 5 rings (SSSR count). The van der Waals surface area contributed by atoms with Gasteiger partial charge in [0.2, 0.25) is 11.8 Å². The zero-order valence-electron chi connectivity index (χ0n) is 24.7. The van der Waals surface area contributed by atoms with Gasteiger partial charge in [-0.2, -0.15) is 0 Å². The van der Waals surface area contributed by atoms with E-state index >= 15 is 0 Å². The molecule has 5 atom stereocenters. The highest BCUT2D eigenvalue weighted by molar-refractivity contribution is 6.31. The van der Waals surface area contributed by atoms with Crippen molar-refractivity contribution in [1.29, 1.82) is 0 Å². The Morgan fingerprint density at radius 3 is 2.72 bits per heavy atom. The fourth-order valence-electron chi connectivity index (χ4n) is 6.17. The Balaban J connectivity index is 1.44. The number of carbonyl (C=O) groups is 4. The van der Waals surface area contributed by atoms with Crippen LogP contribution in [-0.4, -0.2) is 75.0 Å². The molecule has 232 valence electrons. The maximum atomic E-state index is 14.2. The van der Waals surface area contributed by atoms with Crippen molar-refractivity contribution in [2.45, 2.75) is 101 Å². The second-order valence-corrected chi connectivity index (χ2v) is 13.5. The highest BCUT2D eigenvalue weighted by Crippen LogP contribution is 2.46. The number of carbonyl (C=O) groups excluding carboxylic acids is 3. The number of oxime groups is 1. The van der Waals surface area contributed by atoms with Crippen LogP contribution < -0.4 is 10.6 Å². The summed E-state index contributed by atoms with van der Waals surface area (Å²) < 4.78 is 5.44. The molecule has 3 amide bonds. The summed E-state index contributed by atoms with van der Waals surface area (Å²) in [4.78, 5) is 60.6. The van der Waals surface area contributed by atoms with E-state index < -0.39 is 52.7 Å². The Morgan fingerprint density at radius 1 is 1.21 bits per heavy atom. The number of nitrogens with one attached hydrogen (secondary N) is 2. The number of hydrogen-bond donors (Lipinski definition) is 3. The number of halogens is 1. The highest BCUT2D eigenvalue weighted by atomic mass is 35.5. The summed E-state index contributed by atoms with van der Waals surface area (Å²) in [6.07, 6.45) is 7.22. The van der Waals surface area contributed by atoms with Crippen LogP contribution in [0.25, 0.3) is 0 Å². The van der Waals surface area contributed by atoms with E-state index in [1.807, 2.05) is 18.2 Å². The van der Waals surface area contributed by atoms with Crippen molar-refractivity contribution in [3.05, 3.63) is 47.0 Å². The topological polar surface area (TPSA) is 147 Å². The largest absolute Gasteiger partial charge is 0.479 e. The standard InChI is InChI=1S/C31H39ClN4O7/c1-29(2,3)42-28(41)33-22-13-8-6-4-5-7-11-20-15-31(20,27(39)40)34-25(37)24-17-30(18-36(24)26(22)38)16-23(35-43-30)19-10-9-12-21(32)14-19/h7,9-12,14,20,22,24H,4-6,8,13,15-18H2,1-3H3,(H,33,41)(H,34,37)(H,39,40)/b11-7-/t20-,22-,24-,30+,31+/m0/s1. The summed E-state index contributed by atoms with van der Waals surface area (Å²) in [6.45, 7) is 5.25. The Hall–Kier alpha value is -3.60. The third-order valence-corrected chi connectivity index (χ3v) is 8.68. The number of ether oxygens (including phenoxy) is 1. The lowest BCUT2D eigenvalue weighted by Gasteiger charge is -2.30. The van der Waals surface area contributed by atoms with Gasteiger partial charge in [0.05, 0.1) is 12.3 Å². The summed E-state index contributed by atoms with van der Waals surface area (Å²) in [5.41, 5.74) is -1.79. The molecule has 1 aliphatic carbocycles. The van der Waals surface area contributed by atoms with Crippen LogP contribution in [0.2, 0.25) is 5.02 Å². The van der Waals surface area contributed by atoms with Gasteiger partial charge in [-0.1, -0.05) is 53.9 Å². The average Bonchev–Trinajstić information content (AvgIpc) is 3.27. The van der Waals surface area contributed by atoms with Crippen LogP contribution in [0, 0.1) is 5.92 Å². The van der Waals surface area contributed by atoms with Gasteiger partial charge in [-0.15, -0.1) is 0 Å². The summed E-state index contributed by atoms with van der Waals surface area (Å²) in [5, 5.41) is 20.4. The Labute approximate surface area is 256 Å². The van der Waals surface area contributed by atoms with Gasteiger partial charge in [-0.3, -0.25) is 9.59 Å². The molecule has 3 N–H and O–H groups in total. The zero-order chi connectivity index (χ0) is 31.0. The number of rotatable bonds is 3. The fourth-order valence-corrected chi connectivity index (χ4v) is 6.36. The van der Waals surface area contributed by atoms with Crippen molar-refractivity contribution >= 4 is 41.2 Å². The average molecular weight is 615 g/mol. The second kappa shape index (κ2) is 11.8. The molecule has 12 heteroatoms. The molecule has 1 aromatic rings. The SMILES string of the molecule is CC(C)(C)OC(=O)N[C@H]1CCCCC/C=C\[C@H]2C[C@@]2(C(=O)O)NC(=O)[C@@H]2C[C@]3(CC(c4cccc(Cl)c4)=NO3)CN2C1=O. The molecule has 0 aromatic heterocycles. The van der Waals surface area contributed by atoms with Gasteiger partial charge < -0.3 is 30.2 Å². The number of carboxylic acid groups (broad SMARTS) is 1. The lowest BCUT2D eigenvalue weighted by Crippen LogP contribution is -2.56. The van der Waals surface area contributed by atoms with Crippen LogP contribution in [0.5, 0.6) is 0 Å². The number of amides is 3. The number of fused-ring (bicyclic) bond motifs is 2. The van der Waals surface area contributed by atoms with Crippen LogP contribution in [0.15, 0.2) is 41.6 Å². The number of aliphatic carboxylic acids is 1.